The molecule has 0 bridgehead atoms. The standard InChI is InChI=1S/C13H23N3O2/c1-13(4-2-3-5-13)12(18)15-10-11(17)16-8-6-14-7-9-16/h14H,2-10H2,1H3,(H,15,18). The number of piperazine rings is 1. The predicted octanol–water partition coefficient (Wildman–Crippen LogP) is 0.115. The number of carbonyl (C=O) groups is 2. The second-order valence-electron chi connectivity index (χ2n) is 5.58. The minimum absolute atomic E-state index is 0.0337. The quantitative estimate of drug-likeness (QED) is 0.751. The molecular formula is C13H23N3O2. The fourth-order valence-electron chi connectivity index (χ4n) is 2.78. The lowest BCUT2D eigenvalue weighted by Crippen LogP contribution is -2.50. The first-order valence-electron chi connectivity index (χ1n) is 6.89. The van der Waals surface area contributed by atoms with Crippen LogP contribution in [0.5, 0.6) is 0 Å². The molecule has 0 aromatic carbocycles. The summed E-state index contributed by atoms with van der Waals surface area (Å²) in [6.45, 7) is 5.33. The van der Waals surface area contributed by atoms with Crippen LogP contribution in [0.3, 0.4) is 0 Å². The maximum atomic E-state index is 12.1. The Morgan fingerprint density at radius 3 is 2.44 bits per heavy atom. The summed E-state index contributed by atoms with van der Waals surface area (Å²) in [5, 5.41) is 6.02. The van der Waals surface area contributed by atoms with E-state index in [1.807, 2.05) is 11.8 Å². The van der Waals surface area contributed by atoms with E-state index in [1.165, 1.54) is 0 Å². The first-order chi connectivity index (χ1) is 8.62. The molecule has 0 spiro atoms. The van der Waals surface area contributed by atoms with Crippen molar-refractivity contribution in [2.75, 3.05) is 32.7 Å². The molecule has 2 fully saturated rings. The summed E-state index contributed by atoms with van der Waals surface area (Å²) in [5.41, 5.74) is -0.246. The number of carbonyl (C=O) groups excluding carboxylic acids is 2. The zero-order valence-electron chi connectivity index (χ0n) is 11.1. The van der Waals surface area contributed by atoms with E-state index in [0.29, 0.717) is 0 Å². The first kappa shape index (κ1) is 13.3. The van der Waals surface area contributed by atoms with Crippen molar-refractivity contribution in [2.24, 2.45) is 5.41 Å². The van der Waals surface area contributed by atoms with E-state index in [2.05, 4.69) is 10.6 Å². The molecule has 1 saturated carbocycles. The van der Waals surface area contributed by atoms with Gasteiger partial charge in [-0.3, -0.25) is 9.59 Å². The fraction of sp³-hybridized carbons (Fsp3) is 0.846. The molecule has 1 aliphatic carbocycles. The van der Waals surface area contributed by atoms with Gasteiger partial charge in [0.25, 0.3) is 0 Å². The largest absolute Gasteiger partial charge is 0.347 e. The molecule has 0 aromatic heterocycles. The minimum Gasteiger partial charge on any atom is -0.347 e. The number of amides is 2. The molecule has 1 saturated heterocycles. The van der Waals surface area contributed by atoms with E-state index in [9.17, 15) is 9.59 Å². The lowest BCUT2D eigenvalue weighted by atomic mass is 9.88. The van der Waals surface area contributed by atoms with Crippen LogP contribution < -0.4 is 10.6 Å². The first-order valence-corrected chi connectivity index (χ1v) is 6.89. The molecule has 102 valence electrons. The number of rotatable bonds is 3. The molecule has 2 N–H and O–H groups in total. The molecule has 1 aliphatic heterocycles. The Bertz CT molecular complexity index is 318. The molecule has 2 rings (SSSR count). The van der Waals surface area contributed by atoms with Crippen LogP contribution in [0, 0.1) is 5.41 Å². The number of nitrogens with zero attached hydrogens (tertiary/aromatic N) is 1. The van der Waals surface area contributed by atoms with E-state index >= 15 is 0 Å². The van der Waals surface area contributed by atoms with Crippen molar-refractivity contribution in [3.05, 3.63) is 0 Å². The smallest absolute Gasteiger partial charge is 0.242 e. The molecule has 18 heavy (non-hydrogen) atoms. The summed E-state index contributed by atoms with van der Waals surface area (Å²) in [7, 11) is 0. The molecule has 0 aromatic rings. The second kappa shape index (κ2) is 5.69. The van der Waals surface area contributed by atoms with Gasteiger partial charge in [0.05, 0.1) is 6.54 Å². The molecule has 5 nitrogen and oxygen atoms in total. The number of hydrogen-bond acceptors (Lipinski definition) is 3. The molecule has 0 radical (unpaired) electrons. The van der Waals surface area contributed by atoms with E-state index in [-0.39, 0.29) is 23.8 Å². The van der Waals surface area contributed by atoms with Crippen LogP contribution in [0.25, 0.3) is 0 Å². The van der Waals surface area contributed by atoms with Gasteiger partial charge >= 0.3 is 0 Å². The Kier molecular flexibility index (Phi) is 4.22. The van der Waals surface area contributed by atoms with Gasteiger partial charge in [0, 0.05) is 31.6 Å². The lowest BCUT2D eigenvalue weighted by molar-refractivity contribution is -0.136. The topological polar surface area (TPSA) is 61.4 Å². The summed E-state index contributed by atoms with van der Waals surface area (Å²) < 4.78 is 0. The summed E-state index contributed by atoms with van der Waals surface area (Å²) in [6, 6.07) is 0. The van der Waals surface area contributed by atoms with Gasteiger partial charge in [-0.25, -0.2) is 0 Å². The van der Waals surface area contributed by atoms with Crippen molar-refractivity contribution >= 4 is 11.8 Å². The van der Waals surface area contributed by atoms with Crippen LogP contribution in [0.1, 0.15) is 32.6 Å². The maximum absolute atomic E-state index is 12.1. The van der Waals surface area contributed by atoms with Gasteiger partial charge in [-0.1, -0.05) is 19.8 Å². The molecule has 1 heterocycles. The second-order valence-corrected chi connectivity index (χ2v) is 5.58. The Morgan fingerprint density at radius 2 is 1.83 bits per heavy atom. The highest BCUT2D eigenvalue weighted by Gasteiger charge is 2.36. The molecule has 0 unspecified atom stereocenters. The lowest BCUT2D eigenvalue weighted by Gasteiger charge is -2.28. The monoisotopic (exact) mass is 253 g/mol. The Hall–Kier alpha value is -1.10. The Morgan fingerprint density at radius 1 is 1.22 bits per heavy atom. The van der Waals surface area contributed by atoms with Gasteiger partial charge in [-0.05, 0) is 12.8 Å². The average molecular weight is 253 g/mol. The summed E-state index contributed by atoms with van der Waals surface area (Å²) in [5.74, 6) is 0.0786. The molecule has 2 aliphatic rings. The van der Waals surface area contributed by atoms with Crippen molar-refractivity contribution < 1.29 is 9.59 Å². The van der Waals surface area contributed by atoms with E-state index in [1.54, 1.807) is 0 Å². The van der Waals surface area contributed by atoms with Gasteiger partial charge < -0.3 is 15.5 Å². The Balaban J connectivity index is 1.76. The number of nitrogens with one attached hydrogen (secondary N) is 2. The zero-order chi connectivity index (χ0) is 13.0. The molecule has 0 atom stereocenters. The van der Waals surface area contributed by atoms with E-state index in [0.717, 1.165) is 51.9 Å². The van der Waals surface area contributed by atoms with Gasteiger partial charge in [0.1, 0.15) is 0 Å². The van der Waals surface area contributed by atoms with Gasteiger partial charge in [0.2, 0.25) is 11.8 Å². The average Bonchev–Trinajstić information content (AvgIpc) is 2.85. The van der Waals surface area contributed by atoms with Gasteiger partial charge in [0.15, 0.2) is 0 Å². The minimum atomic E-state index is -0.246. The highest BCUT2D eigenvalue weighted by molar-refractivity contribution is 5.87. The molecule has 2 amide bonds. The van der Waals surface area contributed by atoms with Crippen LogP contribution in [0.2, 0.25) is 0 Å². The third-order valence-electron chi connectivity index (χ3n) is 4.13. The normalized spacial score (nSPS) is 22.8. The van der Waals surface area contributed by atoms with Crippen molar-refractivity contribution in [1.82, 2.24) is 15.5 Å². The van der Waals surface area contributed by atoms with E-state index < -0.39 is 0 Å². The SMILES string of the molecule is CC1(C(=O)NCC(=O)N2CCNCC2)CCCC1. The van der Waals surface area contributed by atoms with E-state index in [4.69, 9.17) is 0 Å². The van der Waals surface area contributed by atoms with Crippen molar-refractivity contribution in [2.45, 2.75) is 32.6 Å². The van der Waals surface area contributed by atoms with Crippen LogP contribution in [0.15, 0.2) is 0 Å². The van der Waals surface area contributed by atoms with Crippen LogP contribution in [0.4, 0.5) is 0 Å². The fourth-order valence-corrected chi connectivity index (χ4v) is 2.78. The highest BCUT2D eigenvalue weighted by Crippen LogP contribution is 2.37. The predicted molar refractivity (Wildman–Crippen MR) is 69.0 cm³/mol. The summed E-state index contributed by atoms with van der Waals surface area (Å²) >= 11 is 0. The molecular weight excluding hydrogens is 230 g/mol. The molecule has 5 heteroatoms. The van der Waals surface area contributed by atoms with Gasteiger partial charge in [-0.2, -0.15) is 0 Å². The summed E-state index contributed by atoms with van der Waals surface area (Å²) in [6.07, 6.45) is 4.13. The third kappa shape index (κ3) is 3.02. The van der Waals surface area contributed by atoms with Crippen LogP contribution in [-0.2, 0) is 9.59 Å². The van der Waals surface area contributed by atoms with Crippen molar-refractivity contribution in [3.8, 4) is 0 Å². The van der Waals surface area contributed by atoms with Gasteiger partial charge in [-0.15, -0.1) is 0 Å². The summed E-state index contributed by atoms with van der Waals surface area (Å²) in [4.78, 5) is 25.8. The van der Waals surface area contributed by atoms with Crippen LogP contribution in [-0.4, -0.2) is 49.4 Å². The Labute approximate surface area is 108 Å². The van der Waals surface area contributed by atoms with Crippen molar-refractivity contribution in [1.29, 1.82) is 0 Å². The zero-order valence-corrected chi connectivity index (χ0v) is 11.1. The van der Waals surface area contributed by atoms with Crippen LogP contribution >= 0.6 is 0 Å². The third-order valence-corrected chi connectivity index (χ3v) is 4.13. The van der Waals surface area contributed by atoms with Crippen molar-refractivity contribution in [3.63, 3.8) is 0 Å². The highest BCUT2D eigenvalue weighted by atomic mass is 16.2. The number of hydrogen-bond donors (Lipinski definition) is 2. The maximum Gasteiger partial charge on any atom is 0.242 e.